The van der Waals surface area contributed by atoms with Gasteiger partial charge in [0.1, 0.15) is 0 Å². The highest BCUT2D eigenvalue weighted by molar-refractivity contribution is 4.57. The predicted octanol–water partition coefficient (Wildman–Crippen LogP) is 2.57. The lowest BCUT2D eigenvalue weighted by Crippen LogP contribution is -2.17. The molecule has 4 heteroatoms. The summed E-state index contributed by atoms with van der Waals surface area (Å²) in [6.45, 7) is 2.74. The minimum absolute atomic E-state index is 0.242. The van der Waals surface area contributed by atoms with Gasteiger partial charge in [0.2, 0.25) is 0 Å². The van der Waals surface area contributed by atoms with Crippen molar-refractivity contribution in [2.75, 3.05) is 13.6 Å². The zero-order valence-electron chi connectivity index (χ0n) is 7.54. The van der Waals surface area contributed by atoms with E-state index in [4.69, 9.17) is 0 Å². The molecule has 1 N–H and O–H groups in total. The maximum absolute atomic E-state index is 11.7. The van der Waals surface area contributed by atoms with Crippen molar-refractivity contribution in [1.82, 2.24) is 5.32 Å². The molecular weight excluding hydrogens is 167 g/mol. The highest BCUT2D eigenvalue weighted by Gasteiger charge is 2.26. The second kappa shape index (κ2) is 5.41. The summed E-state index contributed by atoms with van der Waals surface area (Å²) in [5.74, 6) is 0.331. The van der Waals surface area contributed by atoms with Gasteiger partial charge in [-0.1, -0.05) is 6.92 Å². The Hall–Kier alpha value is -0.250. The fraction of sp³-hybridized carbons (Fsp3) is 1.00. The highest BCUT2D eigenvalue weighted by Crippen LogP contribution is 2.23. The van der Waals surface area contributed by atoms with Gasteiger partial charge in [-0.3, -0.25) is 0 Å². The van der Waals surface area contributed by atoms with Gasteiger partial charge in [0.25, 0.3) is 0 Å². The lowest BCUT2D eigenvalue weighted by molar-refractivity contribution is -0.136. The van der Waals surface area contributed by atoms with Crippen molar-refractivity contribution in [1.29, 1.82) is 0 Å². The van der Waals surface area contributed by atoms with Crippen LogP contribution in [0.3, 0.4) is 0 Å². The van der Waals surface area contributed by atoms with Crippen molar-refractivity contribution in [3.63, 3.8) is 0 Å². The molecule has 1 nitrogen and oxygen atoms in total. The maximum atomic E-state index is 11.7. The Balaban J connectivity index is 3.31. The molecule has 0 aliphatic rings. The first-order valence-electron chi connectivity index (χ1n) is 4.17. The summed E-state index contributed by atoms with van der Waals surface area (Å²) in [5, 5.41) is 2.93. The largest absolute Gasteiger partial charge is 0.389 e. The summed E-state index contributed by atoms with van der Waals surface area (Å²) < 4.78 is 35.0. The number of nitrogens with one attached hydrogen (secondary N) is 1. The van der Waals surface area contributed by atoms with E-state index in [2.05, 4.69) is 5.32 Å². The summed E-state index contributed by atoms with van der Waals surface area (Å²) in [6.07, 6.45) is -3.76. The van der Waals surface area contributed by atoms with Crippen LogP contribution >= 0.6 is 0 Å². The van der Waals surface area contributed by atoms with E-state index in [1.54, 1.807) is 7.05 Å². The van der Waals surface area contributed by atoms with Crippen LogP contribution in [0.25, 0.3) is 0 Å². The number of alkyl halides is 3. The lowest BCUT2D eigenvalue weighted by atomic mass is 10.0. The molecule has 0 spiro atoms. The van der Waals surface area contributed by atoms with Gasteiger partial charge in [-0.25, -0.2) is 0 Å². The third-order valence-electron chi connectivity index (χ3n) is 1.71. The van der Waals surface area contributed by atoms with Crippen LogP contribution < -0.4 is 5.32 Å². The lowest BCUT2D eigenvalue weighted by Gasteiger charge is -2.11. The second-order valence-corrected chi connectivity index (χ2v) is 3.17. The van der Waals surface area contributed by atoms with E-state index in [9.17, 15) is 13.2 Å². The van der Waals surface area contributed by atoms with Gasteiger partial charge in [0.05, 0.1) is 0 Å². The van der Waals surface area contributed by atoms with E-state index in [1.165, 1.54) is 0 Å². The van der Waals surface area contributed by atoms with E-state index >= 15 is 0 Å². The SMILES string of the molecule is CNCC(C)CCCC(F)(F)F. The fourth-order valence-corrected chi connectivity index (χ4v) is 1.10. The maximum Gasteiger partial charge on any atom is 0.389 e. The molecule has 0 bridgehead atoms. The minimum Gasteiger partial charge on any atom is -0.319 e. The number of hydrogen-bond donors (Lipinski definition) is 1. The van der Waals surface area contributed by atoms with Crippen molar-refractivity contribution in [2.45, 2.75) is 32.4 Å². The van der Waals surface area contributed by atoms with Gasteiger partial charge >= 0.3 is 6.18 Å². The average Bonchev–Trinajstić information content (AvgIpc) is 1.84. The van der Waals surface area contributed by atoms with E-state index in [1.807, 2.05) is 6.92 Å². The Kier molecular flexibility index (Phi) is 5.29. The minimum atomic E-state index is -3.99. The van der Waals surface area contributed by atoms with E-state index in [-0.39, 0.29) is 6.42 Å². The monoisotopic (exact) mass is 183 g/mol. The molecule has 0 aliphatic heterocycles. The van der Waals surface area contributed by atoms with Gasteiger partial charge in [0, 0.05) is 6.42 Å². The van der Waals surface area contributed by atoms with Gasteiger partial charge in [-0.05, 0) is 32.4 Å². The quantitative estimate of drug-likeness (QED) is 0.690. The topological polar surface area (TPSA) is 12.0 Å². The Bertz CT molecular complexity index is 111. The molecule has 1 unspecified atom stereocenters. The standard InChI is InChI=1S/C8H16F3N/c1-7(6-12-2)4-3-5-8(9,10)11/h7,12H,3-6H2,1-2H3. The summed E-state index contributed by atoms with van der Waals surface area (Å²) in [6, 6.07) is 0. The molecular formula is C8H16F3N. The normalized spacial score (nSPS) is 14.8. The van der Waals surface area contributed by atoms with Crippen LogP contribution in [0, 0.1) is 5.92 Å². The summed E-state index contributed by atoms with van der Waals surface area (Å²) in [7, 11) is 1.81. The molecule has 0 saturated heterocycles. The third-order valence-corrected chi connectivity index (χ3v) is 1.71. The van der Waals surface area contributed by atoms with Gasteiger partial charge in [-0.2, -0.15) is 13.2 Å². The zero-order valence-corrected chi connectivity index (χ0v) is 7.54. The van der Waals surface area contributed by atoms with Crippen molar-refractivity contribution in [3.8, 4) is 0 Å². The molecule has 0 radical (unpaired) electrons. The molecule has 12 heavy (non-hydrogen) atoms. The summed E-state index contributed by atoms with van der Waals surface area (Å²) in [5.41, 5.74) is 0. The number of rotatable bonds is 5. The molecule has 0 fully saturated rings. The van der Waals surface area contributed by atoms with Crippen LogP contribution in [0.1, 0.15) is 26.2 Å². The first kappa shape index (κ1) is 11.8. The number of halogens is 3. The molecule has 0 heterocycles. The summed E-state index contributed by atoms with van der Waals surface area (Å²) >= 11 is 0. The molecule has 0 aromatic carbocycles. The first-order valence-corrected chi connectivity index (χ1v) is 4.17. The van der Waals surface area contributed by atoms with Crippen molar-refractivity contribution in [2.24, 2.45) is 5.92 Å². The van der Waals surface area contributed by atoms with Crippen molar-refractivity contribution in [3.05, 3.63) is 0 Å². The van der Waals surface area contributed by atoms with Gasteiger partial charge in [-0.15, -0.1) is 0 Å². The molecule has 0 amide bonds. The van der Waals surface area contributed by atoms with Crippen LogP contribution in [0.15, 0.2) is 0 Å². The Morgan fingerprint density at radius 1 is 1.33 bits per heavy atom. The van der Waals surface area contributed by atoms with Crippen molar-refractivity contribution >= 4 is 0 Å². The molecule has 0 rings (SSSR count). The molecule has 0 aromatic heterocycles. The van der Waals surface area contributed by atoms with Crippen LogP contribution in [-0.4, -0.2) is 19.8 Å². The van der Waals surface area contributed by atoms with Gasteiger partial charge in [0.15, 0.2) is 0 Å². The smallest absolute Gasteiger partial charge is 0.319 e. The molecule has 0 aliphatic carbocycles. The Labute approximate surface area is 71.3 Å². The molecule has 0 saturated carbocycles. The number of hydrogen-bond acceptors (Lipinski definition) is 1. The molecule has 0 aromatic rings. The Morgan fingerprint density at radius 2 is 1.92 bits per heavy atom. The second-order valence-electron chi connectivity index (χ2n) is 3.17. The average molecular weight is 183 g/mol. The van der Waals surface area contributed by atoms with Gasteiger partial charge < -0.3 is 5.32 Å². The zero-order chi connectivity index (χ0) is 9.61. The van der Waals surface area contributed by atoms with Crippen LogP contribution in [0.2, 0.25) is 0 Å². The first-order chi connectivity index (χ1) is 5.45. The van der Waals surface area contributed by atoms with E-state index in [0.717, 1.165) is 6.54 Å². The van der Waals surface area contributed by atoms with Crippen molar-refractivity contribution < 1.29 is 13.2 Å². The van der Waals surface area contributed by atoms with Crippen LogP contribution in [0.4, 0.5) is 13.2 Å². The molecule has 74 valence electrons. The van der Waals surface area contributed by atoms with E-state index in [0.29, 0.717) is 12.3 Å². The van der Waals surface area contributed by atoms with E-state index < -0.39 is 12.6 Å². The Morgan fingerprint density at radius 3 is 2.33 bits per heavy atom. The molecule has 1 atom stereocenters. The van der Waals surface area contributed by atoms with Crippen LogP contribution in [-0.2, 0) is 0 Å². The highest BCUT2D eigenvalue weighted by atomic mass is 19.4. The predicted molar refractivity (Wildman–Crippen MR) is 43.0 cm³/mol. The summed E-state index contributed by atoms with van der Waals surface area (Å²) in [4.78, 5) is 0. The van der Waals surface area contributed by atoms with Crippen LogP contribution in [0.5, 0.6) is 0 Å². The third kappa shape index (κ3) is 7.85. The fourth-order valence-electron chi connectivity index (χ4n) is 1.10.